The van der Waals surface area contributed by atoms with Crippen LogP contribution in [0.15, 0.2) is 57.2 Å². The Balaban J connectivity index is 1.66. The number of nitrogens with zero attached hydrogens (tertiary/aromatic N) is 4. The van der Waals surface area contributed by atoms with Crippen molar-refractivity contribution >= 4 is 34.5 Å². The molecular weight excluding hydrogens is 489 g/mol. The monoisotopic (exact) mass is 513 g/mol. The molecule has 0 fully saturated rings. The van der Waals surface area contributed by atoms with E-state index in [1.165, 1.54) is 45.0 Å². The van der Waals surface area contributed by atoms with Crippen molar-refractivity contribution in [2.75, 3.05) is 25.3 Å². The fourth-order valence-corrected chi connectivity index (χ4v) is 4.47. The SMILES string of the molecule is COc1ccc(NC(=O)CSc2nc3c(c(=O)n(C)c(=O)n3C)n2Cc2ccc(F)cc2)c(OC)c1. The second-order valence-corrected chi connectivity index (χ2v) is 8.83. The minimum absolute atomic E-state index is 0.0316. The van der Waals surface area contributed by atoms with Crippen LogP contribution in [0.4, 0.5) is 10.1 Å². The number of benzene rings is 2. The molecule has 0 aliphatic heterocycles. The third kappa shape index (κ3) is 4.85. The molecule has 4 rings (SSSR count). The maximum absolute atomic E-state index is 13.4. The molecule has 2 aromatic heterocycles. The molecule has 36 heavy (non-hydrogen) atoms. The summed E-state index contributed by atoms with van der Waals surface area (Å²) in [5.74, 6) is 0.282. The van der Waals surface area contributed by atoms with E-state index < -0.39 is 11.2 Å². The number of aromatic nitrogens is 4. The number of ether oxygens (including phenoxy) is 2. The second kappa shape index (κ2) is 10.3. The zero-order valence-corrected chi connectivity index (χ0v) is 20.9. The molecule has 0 aliphatic carbocycles. The quantitative estimate of drug-likeness (QED) is 0.360. The number of halogens is 1. The molecular formula is C24H24FN5O5S. The molecule has 0 atom stereocenters. The number of rotatable bonds is 8. The molecule has 0 radical (unpaired) electrons. The first kappa shape index (κ1) is 25.0. The van der Waals surface area contributed by atoms with Crippen molar-refractivity contribution in [1.29, 1.82) is 0 Å². The Kier molecular flexibility index (Phi) is 7.15. The Hall–Kier alpha value is -4.06. The van der Waals surface area contributed by atoms with Gasteiger partial charge in [-0.1, -0.05) is 23.9 Å². The highest BCUT2D eigenvalue weighted by molar-refractivity contribution is 7.99. The minimum Gasteiger partial charge on any atom is -0.497 e. The molecule has 10 nitrogen and oxygen atoms in total. The van der Waals surface area contributed by atoms with Gasteiger partial charge in [-0.2, -0.15) is 0 Å². The summed E-state index contributed by atoms with van der Waals surface area (Å²) in [6.45, 7) is 0.195. The Morgan fingerprint density at radius 1 is 1.06 bits per heavy atom. The van der Waals surface area contributed by atoms with Gasteiger partial charge in [-0.15, -0.1) is 0 Å². The molecule has 0 unspecified atom stereocenters. The van der Waals surface area contributed by atoms with Crippen molar-refractivity contribution < 1.29 is 18.7 Å². The van der Waals surface area contributed by atoms with Crippen LogP contribution in [0.5, 0.6) is 11.5 Å². The third-order valence-electron chi connectivity index (χ3n) is 5.58. The Morgan fingerprint density at radius 3 is 2.44 bits per heavy atom. The highest BCUT2D eigenvalue weighted by Gasteiger charge is 2.21. The second-order valence-electron chi connectivity index (χ2n) is 7.89. The van der Waals surface area contributed by atoms with E-state index >= 15 is 0 Å². The third-order valence-corrected chi connectivity index (χ3v) is 6.56. The zero-order valence-electron chi connectivity index (χ0n) is 20.1. The van der Waals surface area contributed by atoms with Gasteiger partial charge in [0.25, 0.3) is 5.56 Å². The largest absolute Gasteiger partial charge is 0.497 e. The molecule has 0 saturated heterocycles. The van der Waals surface area contributed by atoms with Crippen molar-refractivity contribution in [2.24, 2.45) is 14.1 Å². The number of fused-ring (bicyclic) bond motifs is 1. The Labute approximate surface area is 209 Å². The Morgan fingerprint density at radius 2 is 1.78 bits per heavy atom. The van der Waals surface area contributed by atoms with Crippen LogP contribution in [0.2, 0.25) is 0 Å². The fourth-order valence-electron chi connectivity index (χ4n) is 3.67. The summed E-state index contributed by atoms with van der Waals surface area (Å²) < 4.78 is 27.8. The van der Waals surface area contributed by atoms with Crippen LogP contribution in [0, 0.1) is 5.82 Å². The van der Waals surface area contributed by atoms with Crippen LogP contribution in [-0.4, -0.2) is 44.6 Å². The van der Waals surface area contributed by atoms with E-state index in [1.54, 1.807) is 34.9 Å². The van der Waals surface area contributed by atoms with Crippen molar-refractivity contribution in [3.05, 3.63) is 74.7 Å². The van der Waals surface area contributed by atoms with Gasteiger partial charge in [0.05, 0.1) is 32.2 Å². The van der Waals surface area contributed by atoms with Crippen molar-refractivity contribution in [3.63, 3.8) is 0 Å². The number of anilines is 1. The lowest BCUT2D eigenvalue weighted by atomic mass is 10.2. The topological polar surface area (TPSA) is 109 Å². The number of nitrogens with one attached hydrogen (secondary N) is 1. The van der Waals surface area contributed by atoms with Crippen LogP contribution in [0.3, 0.4) is 0 Å². The summed E-state index contributed by atoms with van der Waals surface area (Å²) in [7, 11) is 5.94. The predicted octanol–water partition coefficient (Wildman–Crippen LogP) is 2.37. The van der Waals surface area contributed by atoms with Crippen LogP contribution >= 0.6 is 11.8 Å². The van der Waals surface area contributed by atoms with Gasteiger partial charge in [-0.25, -0.2) is 14.2 Å². The lowest BCUT2D eigenvalue weighted by Gasteiger charge is -2.12. The van der Waals surface area contributed by atoms with Gasteiger partial charge >= 0.3 is 5.69 Å². The smallest absolute Gasteiger partial charge is 0.332 e. The van der Waals surface area contributed by atoms with Gasteiger partial charge in [0.1, 0.15) is 17.3 Å². The van der Waals surface area contributed by atoms with Gasteiger partial charge in [-0.3, -0.25) is 18.7 Å². The normalized spacial score (nSPS) is 11.0. The average Bonchev–Trinajstić information content (AvgIpc) is 3.24. The lowest BCUT2D eigenvalue weighted by Crippen LogP contribution is -2.37. The standard InChI is InChI=1S/C24H24FN5O5S/c1-28-21-20(22(32)29(2)24(28)33)30(12-14-5-7-15(25)8-6-14)23(27-21)36-13-19(31)26-17-10-9-16(34-3)11-18(17)35-4/h5-11H,12-13H2,1-4H3,(H,26,31). The van der Waals surface area contributed by atoms with Gasteiger partial charge in [0, 0.05) is 20.2 Å². The first-order valence-electron chi connectivity index (χ1n) is 10.8. The number of carbonyl (C=O) groups is 1. The van der Waals surface area contributed by atoms with Crippen LogP contribution in [0.1, 0.15) is 5.56 Å². The van der Waals surface area contributed by atoms with E-state index in [2.05, 4.69) is 10.3 Å². The molecule has 0 bridgehead atoms. The molecule has 2 heterocycles. The predicted molar refractivity (Wildman–Crippen MR) is 135 cm³/mol. The van der Waals surface area contributed by atoms with Gasteiger partial charge in [0.2, 0.25) is 5.91 Å². The van der Waals surface area contributed by atoms with E-state index in [1.807, 2.05) is 0 Å². The molecule has 1 N–H and O–H groups in total. The van der Waals surface area contributed by atoms with Gasteiger partial charge in [0.15, 0.2) is 16.3 Å². The fraction of sp³-hybridized carbons (Fsp3) is 0.250. The number of imidazole rings is 1. The van der Waals surface area contributed by atoms with Crippen molar-refractivity contribution in [2.45, 2.75) is 11.7 Å². The first-order chi connectivity index (χ1) is 17.2. The molecule has 12 heteroatoms. The highest BCUT2D eigenvalue weighted by Crippen LogP contribution is 2.29. The number of aryl methyl sites for hydroxylation is 1. The van der Waals surface area contributed by atoms with Gasteiger partial charge in [-0.05, 0) is 29.8 Å². The zero-order chi connectivity index (χ0) is 26.0. The van der Waals surface area contributed by atoms with Crippen molar-refractivity contribution in [3.8, 4) is 11.5 Å². The number of hydrogen-bond acceptors (Lipinski definition) is 7. The molecule has 0 spiro atoms. The van der Waals surface area contributed by atoms with Crippen molar-refractivity contribution in [1.82, 2.24) is 18.7 Å². The minimum atomic E-state index is -0.514. The van der Waals surface area contributed by atoms with Gasteiger partial charge < -0.3 is 19.4 Å². The maximum Gasteiger partial charge on any atom is 0.332 e. The number of thioether (sulfide) groups is 1. The number of carbonyl (C=O) groups excluding carboxylic acids is 1. The molecule has 1 amide bonds. The molecule has 2 aromatic carbocycles. The molecule has 4 aromatic rings. The Bertz CT molecular complexity index is 1560. The molecule has 0 saturated carbocycles. The van der Waals surface area contributed by atoms with Crippen LogP contribution in [-0.2, 0) is 25.4 Å². The molecule has 0 aliphatic rings. The average molecular weight is 514 g/mol. The van der Waals surface area contributed by atoms with E-state index in [9.17, 15) is 18.8 Å². The van der Waals surface area contributed by atoms with E-state index in [4.69, 9.17) is 9.47 Å². The van der Waals surface area contributed by atoms with Crippen LogP contribution < -0.4 is 26.0 Å². The number of hydrogen-bond donors (Lipinski definition) is 1. The van der Waals surface area contributed by atoms with E-state index in [0.717, 1.165) is 21.9 Å². The molecule has 188 valence electrons. The lowest BCUT2D eigenvalue weighted by molar-refractivity contribution is -0.113. The highest BCUT2D eigenvalue weighted by atomic mass is 32.2. The summed E-state index contributed by atoms with van der Waals surface area (Å²) in [4.78, 5) is 42.7. The van der Waals surface area contributed by atoms with E-state index in [-0.39, 0.29) is 35.2 Å². The summed E-state index contributed by atoms with van der Waals surface area (Å²) in [6.07, 6.45) is 0. The number of methoxy groups -OCH3 is 2. The maximum atomic E-state index is 13.4. The summed E-state index contributed by atoms with van der Waals surface area (Å²) in [6, 6.07) is 10.9. The van der Waals surface area contributed by atoms with E-state index in [0.29, 0.717) is 22.3 Å². The summed E-state index contributed by atoms with van der Waals surface area (Å²) in [5, 5.41) is 3.16. The first-order valence-corrected chi connectivity index (χ1v) is 11.8. The summed E-state index contributed by atoms with van der Waals surface area (Å²) >= 11 is 1.11. The summed E-state index contributed by atoms with van der Waals surface area (Å²) in [5.41, 5.74) is 0.580. The number of amides is 1. The van der Waals surface area contributed by atoms with Crippen LogP contribution in [0.25, 0.3) is 11.2 Å².